The Kier molecular flexibility index (Phi) is 5.60. The van der Waals surface area contributed by atoms with Crippen molar-refractivity contribution in [2.45, 2.75) is 0 Å². The molecule has 0 amide bonds. The standard InChI is InChI=1S/C16H18O4Te/c1-17-11-7-5-8-12(18-2)15(11)21-16-13(19-3)9-6-10-14(16)20-4/h5-10H,1-4H3. The number of methoxy groups -OCH3 is 4. The molecular weight excluding hydrogens is 384 g/mol. The zero-order chi connectivity index (χ0) is 15.2. The first-order valence-electron chi connectivity index (χ1n) is 6.35. The van der Waals surface area contributed by atoms with E-state index in [1.807, 2.05) is 36.4 Å². The summed E-state index contributed by atoms with van der Waals surface area (Å²) in [6.07, 6.45) is 0. The van der Waals surface area contributed by atoms with Gasteiger partial charge in [0, 0.05) is 0 Å². The molecule has 0 fully saturated rings. The normalized spacial score (nSPS) is 10.1. The summed E-state index contributed by atoms with van der Waals surface area (Å²) >= 11 is -0.798. The summed E-state index contributed by atoms with van der Waals surface area (Å²) in [6.45, 7) is 0. The van der Waals surface area contributed by atoms with E-state index in [1.165, 1.54) is 0 Å². The van der Waals surface area contributed by atoms with Crippen molar-refractivity contribution >= 4 is 28.1 Å². The van der Waals surface area contributed by atoms with Gasteiger partial charge >= 0.3 is 135 Å². The van der Waals surface area contributed by atoms with Crippen LogP contribution in [0.3, 0.4) is 0 Å². The van der Waals surface area contributed by atoms with Gasteiger partial charge in [-0.2, -0.15) is 0 Å². The van der Waals surface area contributed by atoms with Gasteiger partial charge in [-0.05, 0) is 0 Å². The second kappa shape index (κ2) is 7.44. The van der Waals surface area contributed by atoms with Crippen LogP contribution >= 0.6 is 0 Å². The Balaban J connectivity index is 2.52. The first-order valence-corrected chi connectivity index (χ1v) is 8.68. The first-order chi connectivity index (χ1) is 10.2. The molecule has 0 saturated carbocycles. The molecule has 0 unspecified atom stereocenters. The molecule has 4 nitrogen and oxygen atoms in total. The van der Waals surface area contributed by atoms with Crippen molar-refractivity contribution < 1.29 is 18.9 Å². The topological polar surface area (TPSA) is 36.9 Å². The molecule has 0 aromatic heterocycles. The van der Waals surface area contributed by atoms with Gasteiger partial charge in [0.2, 0.25) is 0 Å². The Morgan fingerprint density at radius 2 is 0.857 bits per heavy atom. The van der Waals surface area contributed by atoms with E-state index in [0.29, 0.717) is 0 Å². The van der Waals surface area contributed by atoms with Gasteiger partial charge in [0.1, 0.15) is 0 Å². The first kappa shape index (κ1) is 15.8. The van der Waals surface area contributed by atoms with Gasteiger partial charge in [-0.3, -0.25) is 0 Å². The van der Waals surface area contributed by atoms with E-state index in [2.05, 4.69) is 0 Å². The van der Waals surface area contributed by atoms with Crippen molar-refractivity contribution in [1.82, 2.24) is 0 Å². The third-order valence-electron chi connectivity index (χ3n) is 2.97. The predicted molar refractivity (Wildman–Crippen MR) is 84.1 cm³/mol. The summed E-state index contributed by atoms with van der Waals surface area (Å²) in [7, 11) is 6.69. The van der Waals surface area contributed by atoms with Crippen LogP contribution in [0, 0.1) is 0 Å². The molecule has 112 valence electrons. The third-order valence-corrected chi connectivity index (χ3v) is 6.43. The molecule has 0 heterocycles. The van der Waals surface area contributed by atoms with Crippen LogP contribution in [0.4, 0.5) is 0 Å². The van der Waals surface area contributed by atoms with Crippen molar-refractivity contribution in [3.8, 4) is 23.0 Å². The van der Waals surface area contributed by atoms with Gasteiger partial charge in [-0.25, -0.2) is 0 Å². The van der Waals surface area contributed by atoms with E-state index < -0.39 is 20.9 Å². The molecule has 0 atom stereocenters. The van der Waals surface area contributed by atoms with E-state index in [0.717, 1.165) is 30.2 Å². The molecule has 2 rings (SSSR count). The van der Waals surface area contributed by atoms with Crippen molar-refractivity contribution in [3.63, 3.8) is 0 Å². The Hall–Kier alpha value is -1.57. The molecule has 2 aromatic rings. The van der Waals surface area contributed by atoms with Crippen molar-refractivity contribution in [3.05, 3.63) is 36.4 Å². The average molecular weight is 402 g/mol. The molecule has 5 heteroatoms. The van der Waals surface area contributed by atoms with E-state index in [4.69, 9.17) is 18.9 Å². The quantitative estimate of drug-likeness (QED) is 0.685. The zero-order valence-electron chi connectivity index (χ0n) is 12.5. The molecule has 0 N–H and O–H groups in total. The van der Waals surface area contributed by atoms with Crippen LogP contribution in [0.5, 0.6) is 23.0 Å². The van der Waals surface area contributed by atoms with Crippen LogP contribution in [0.15, 0.2) is 36.4 Å². The van der Waals surface area contributed by atoms with Gasteiger partial charge < -0.3 is 0 Å². The minimum absolute atomic E-state index is 0.798. The Morgan fingerprint density at radius 1 is 0.571 bits per heavy atom. The molecule has 2 aromatic carbocycles. The van der Waals surface area contributed by atoms with Crippen molar-refractivity contribution in [2.75, 3.05) is 28.4 Å². The van der Waals surface area contributed by atoms with Crippen LogP contribution in [-0.2, 0) is 0 Å². The fourth-order valence-electron chi connectivity index (χ4n) is 1.94. The van der Waals surface area contributed by atoms with Crippen LogP contribution in [0.2, 0.25) is 0 Å². The van der Waals surface area contributed by atoms with E-state index >= 15 is 0 Å². The fraction of sp³-hybridized carbons (Fsp3) is 0.250. The van der Waals surface area contributed by atoms with Crippen LogP contribution < -0.4 is 26.2 Å². The number of rotatable bonds is 6. The molecular formula is C16H18O4Te. The average Bonchev–Trinajstić information content (AvgIpc) is 2.55. The van der Waals surface area contributed by atoms with Crippen LogP contribution in [0.25, 0.3) is 0 Å². The monoisotopic (exact) mass is 404 g/mol. The molecule has 0 spiro atoms. The molecule has 0 radical (unpaired) electrons. The van der Waals surface area contributed by atoms with Gasteiger partial charge in [-0.15, -0.1) is 0 Å². The molecule has 0 saturated heterocycles. The number of hydrogen-bond acceptors (Lipinski definition) is 4. The number of benzene rings is 2. The van der Waals surface area contributed by atoms with Gasteiger partial charge in [0.25, 0.3) is 0 Å². The predicted octanol–water partition coefficient (Wildman–Crippen LogP) is 1.38. The second-order valence-corrected chi connectivity index (χ2v) is 7.00. The number of ether oxygens (including phenoxy) is 4. The van der Waals surface area contributed by atoms with Gasteiger partial charge in [0.15, 0.2) is 0 Å². The van der Waals surface area contributed by atoms with Crippen LogP contribution in [-0.4, -0.2) is 49.4 Å². The van der Waals surface area contributed by atoms with Gasteiger partial charge in [0.05, 0.1) is 0 Å². The SMILES string of the molecule is COc1cccc(OC)c1[Te]c1c(OC)cccc1OC. The zero-order valence-corrected chi connectivity index (χ0v) is 14.8. The molecule has 0 bridgehead atoms. The van der Waals surface area contributed by atoms with E-state index in [-0.39, 0.29) is 0 Å². The van der Waals surface area contributed by atoms with Crippen molar-refractivity contribution in [2.24, 2.45) is 0 Å². The van der Waals surface area contributed by atoms with E-state index in [9.17, 15) is 0 Å². The summed E-state index contributed by atoms with van der Waals surface area (Å²) in [4.78, 5) is 0. The maximum atomic E-state index is 5.48. The molecule has 0 aliphatic rings. The van der Waals surface area contributed by atoms with E-state index in [1.54, 1.807) is 28.4 Å². The van der Waals surface area contributed by atoms with Crippen molar-refractivity contribution in [1.29, 1.82) is 0 Å². The Morgan fingerprint density at radius 3 is 1.10 bits per heavy atom. The van der Waals surface area contributed by atoms with Crippen LogP contribution in [0.1, 0.15) is 0 Å². The molecule has 0 aliphatic carbocycles. The summed E-state index contributed by atoms with van der Waals surface area (Å²) in [5.41, 5.74) is 0. The molecule has 21 heavy (non-hydrogen) atoms. The summed E-state index contributed by atoms with van der Waals surface area (Å²) in [5.74, 6) is 3.35. The second-order valence-electron chi connectivity index (χ2n) is 4.09. The maximum absolute atomic E-state index is 5.48. The molecule has 0 aliphatic heterocycles. The van der Waals surface area contributed by atoms with Gasteiger partial charge in [-0.1, -0.05) is 0 Å². The number of hydrogen-bond donors (Lipinski definition) is 0. The Bertz CT molecular complexity index is 515. The summed E-state index contributed by atoms with van der Waals surface area (Å²) in [5, 5.41) is 0. The summed E-state index contributed by atoms with van der Waals surface area (Å²) in [6, 6.07) is 11.6. The third kappa shape index (κ3) is 3.37. The Labute approximate surface area is 135 Å². The minimum atomic E-state index is -0.798. The fourth-order valence-corrected chi connectivity index (χ4v) is 5.40. The summed E-state index contributed by atoms with van der Waals surface area (Å²) < 4.78 is 24.1.